The number of hydrogen-bond donors (Lipinski definition) is 2. The number of nitrogens with zero attached hydrogens (tertiary/aromatic N) is 5. The zero-order valence-corrected chi connectivity index (χ0v) is 17.5. The number of para-hydroxylation sites is 1. The SMILES string of the molecule is CC[C@H](Nc1ncnc2nc[nH]c(=O)c12)c1nc2cccc(F)c2c(=O)n1-c1ccccc1. The van der Waals surface area contributed by atoms with E-state index in [1.165, 1.54) is 29.4 Å². The summed E-state index contributed by atoms with van der Waals surface area (Å²) in [5.41, 5.74) is 0.107. The standard InChI is InChI=1S/C23H18FN7O2/c1-2-15(29-20-18-19(25-11-27-20)26-12-28-22(18)32)21-30-16-10-6-9-14(24)17(16)23(33)31(21)13-7-4-3-5-8-13/h3-12,15H,2H2,1H3,(H2,25,26,27,28,29,32)/t15-/m0/s1. The van der Waals surface area contributed by atoms with Crippen LogP contribution in [0.5, 0.6) is 0 Å². The Morgan fingerprint density at radius 2 is 1.85 bits per heavy atom. The predicted molar refractivity (Wildman–Crippen MR) is 122 cm³/mol. The fraction of sp³-hybridized carbons (Fsp3) is 0.130. The van der Waals surface area contributed by atoms with Crippen molar-refractivity contribution in [1.29, 1.82) is 0 Å². The molecule has 2 aromatic carbocycles. The monoisotopic (exact) mass is 443 g/mol. The number of fused-ring (bicyclic) bond motifs is 2. The molecule has 0 unspecified atom stereocenters. The highest BCUT2D eigenvalue weighted by molar-refractivity contribution is 5.85. The molecule has 0 aliphatic carbocycles. The van der Waals surface area contributed by atoms with Crippen molar-refractivity contribution in [2.45, 2.75) is 19.4 Å². The molecule has 5 rings (SSSR count). The number of aromatic amines is 1. The molecule has 0 fully saturated rings. The summed E-state index contributed by atoms with van der Waals surface area (Å²) in [5, 5.41) is 3.32. The average Bonchev–Trinajstić information content (AvgIpc) is 2.83. The van der Waals surface area contributed by atoms with Gasteiger partial charge in [-0.15, -0.1) is 0 Å². The molecule has 33 heavy (non-hydrogen) atoms. The number of rotatable bonds is 5. The van der Waals surface area contributed by atoms with Gasteiger partial charge in [-0.1, -0.05) is 31.2 Å². The Hall–Kier alpha value is -4.47. The minimum absolute atomic E-state index is 0.0897. The van der Waals surface area contributed by atoms with E-state index in [0.29, 0.717) is 17.9 Å². The molecule has 0 amide bonds. The zero-order valence-electron chi connectivity index (χ0n) is 17.5. The molecule has 10 heteroatoms. The molecule has 5 aromatic rings. The van der Waals surface area contributed by atoms with E-state index in [0.717, 1.165) is 0 Å². The number of halogens is 1. The quantitative estimate of drug-likeness (QED) is 0.428. The van der Waals surface area contributed by atoms with E-state index in [1.54, 1.807) is 30.3 Å². The number of benzene rings is 2. The summed E-state index contributed by atoms with van der Waals surface area (Å²) in [6.45, 7) is 1.90. The molecular formula is C23H18FN7O2. The van der Waals surface area contributed by atoms with Gasteiger partial charge in [-0.3, -0.25) is 14.2 Å². The molecule has 0 bridgehead atoms. The molecule has 1 atom stereocenters. The number of nitrogens with one attached hydrogen (secondary N) is 2. The summed E-state index contributed by atoms with van der Waals surface area (Å²) in [5.74, 6) is -0.0186. The minimum Gasteiger partial charge on any atom is -0.359 e. The largest absolute Gasteiger partial charge is 0.359 e. The maximum atomic E-state index is 14.6. The Bertz CT molecular complexity index is 1590. The van der Waals surface area contributed by atoms with Crippen LogP contribution in [-0.2, 0) is 0 Å². The maximum Gasteiger partial charge on any atom is 0.269 e. The van der Waals surface area contributed by atoms with Crippen molar-refractivity contribution in [2.24, 2.45) is 0 Å². The van der Waals surface area contributed by atoms with Crippen molar-refractivity contribution in [3.63, 3.8) is 0 Å². The van der Waals surface area contributed by atoms with E-state index in [4.69, 9.17) is 0 Å². The van der Waals surface area contributed by atoms with Crippen molar-refractivity contribution < 1.29 is 4.39 Å². The van der Waals surface area contributed by atoms with Gasteiger partial charge >= 0.3 is 0 Å². The third kappa shape index (κ3) is 3.51. The van der Waals surface area contributed by atoms with Gasteiger partial charge in [0, 0.05) is 0 Å². The van der Waals surface area contributed by atoms with E-state index in [2.05, 4.69) is 30.2 Å². The second-order valence-electron chi connectivity index (χ2n) is 7.34. The van der Waals surface area contributed by atoms with Gasteiger partial charge in [0.2, 0.25) is 0 Å². The fourth-order valence-corrected chi connectivity index (χ4v) is 3.80. The van der Waals surface area contributed by atoms with Crippen LogP contribution in [-0.4, -0.2) is 29.5 Å². The van der Waals surface area contributed by atoms with Gasteiger partial charge in [0.1, 0.15) is 34.6 Å². The lowest BCUT2D eigenvalue weighted by molar-refractivity contribution is 0.630. The molecule has 0 aliphatic heterocycles. The Labute approximate surface area is 186 Å². The number of H-pyrrole nitrogens is 1. The highest BCUT2D eigenvalue weighted by atomic mass is 19.1. The summed E-state index contributed by atoms with van der Waals surface area (Å²) >= 11 is 0. The number of hydrogen-bond acceptors (Lipinski definition) is 7. The van der Waals surface area contributed by atoms with Crippen LogP contribution in [0.3, 0.4) is 0 Å². The van der Waals surface area contributed by atoms with Gasteiger partial charge in [-0.05, 0) is 30.7 Å². The van der Waals surface area contributed by atoms with E-state index < -0.39 is 23.0 Å². The van der Waals surface area contributed by atoms with Gasteiger partial charge in [-0.25, -0.2) is 24.3 Å². The molecule has 0 saturated carbocycles. The summed E-state index contributed by atoms with van der Waals surface area (Å²) in [4.78, 5) is 45.4. The second-order valence-corrected chi connectivity index (χ2v) is 7.34. The molecule has 9 nitrogen and oxygen atoms in total. The third-order valence-electron chi connectivity index (χ3n) is 5.35. The van der Waals surface area contributed by atoms with Gasteiger partial charge in [0.15, 0.2) is 5.65 Å². The van der Waals surface area contributed by atoms with Crippen LogP contribution in [0, 0.1) is 5.82 Å². The first-order chi connectivity index (χ1) is 16.1. The summed E-state index contributed by atoms with van der Waals surface area (Å²) in [6.07, 6.45) is 3.06. The van der Waals surface area contributed by atoms with E-state index in [1.807, 2.05) is 13.0 Å². The van der Waals surface area contributed by atoms with Crippen LogP contribution in [0.4, 0.5) is 10.2 Å². The highest BCUT2D eigenvalue weighted by Gasteiger charge is 2.23. The van der Waals surface area contributed by atoms with Crippen LogP contribution >= 0.6 is 0 Å². The number of aromatic nitrogens is 6. The van der Waals surface area contributed by atoms with Crippen LogP contribution in [0.2, 0.25) is 0 Å². The van der Waals surface area contributed by atoms with Crippen LogP contribution in [0.25, 0.3) is 27.6 Å². The lowest BCUT2D eigenvalue weighted by atomic mass is 10.1. The average molecular weight is 443 g/mol. The Balaban J connectivity index is 1.75. The van der Waals surface area contributed by atoms with Crippen molar-refractivity contribution in [2.75, 3.05) is 5.32 Å². The van der Waals surface area contributed by atoms with Gasteiger partial charge in [0.25, 0.3) is 11.1 Å². The first kappa shape index (κ1) is 20.4. The third-order valence-corrected chi connectivity index (χ3v) is 5.35. The number of anilines is 1. The van der Waals surface area contributed by atoms with Crippen LogP contribution in [0.1, 0.15) is 25.2 Å². The fourth-order valence-electron chi connectivity index (χ4n) is 3.80. The van der Waals surface area contributed by atoms with Crippen LogP contribution in [0.15, 0.2) is 70.8 Å². The highest BCUT2D eigenvalue weighted by Crippen LogP contribution is 2.26. The molecule has 0 saturated heterocycles. The lowest BCUT2D eigenvalue weighted by Gasteiger charge is -2.22. The van der Waals surface area contributed by atoms with Crippen molar-refractivity contribution in [1.82, 2.24) is 29.5 Å². The molecule has 3 aromatic heterocycles. The maximum absolute atomic E-state index is 14.6. The Morgan fingerprint density at radius 1 is 1.03 bits per heavy atom. The normalized spacial score (nSPS) is 12.2. The van der Waals surface area contributed by atoms with Crippen molar-refractivity contribution in [3.05, 3.63) is 93.5 Å². The molecule has 0 radical (unpaired) electrons. The second kappa shape index (κ2) is 8.23. The van der Waals surface area contributed by atoms with Crippen LogP contribution < -0.4 is 16.4 Å². The van der Waals surface area contributed by atoms with E-state index in [-0.39, 0.29) is 27.8 Å². The first-order valence-electron chi connectivity index (χ1n) is 10.3. The zero-order chi connectivity index (χ0) is 22.9. The summed E-state index contributed by atoms with van der Waals surface area (Å²) in [7, 11) is 0. The van der Waals surface area contributed by atoms with Gasteiger partial charge in [-0.2, -0.15) is 0 Å². The van der Waals surface area contributed by atoms with Crippen molar-refractivity contribution in [3.8, 4) is 5.69 Å². The van der Waals surface area contributed by atoms with E-state index in [9.17, 15) is 14.0 Å². The molecule has 164 valence electrons. The molecule has 2 N–H and O–H groups in total. The van der Waals surface area contributed by atoms with Gasteiger partial charge < -0.3 is 10.3 Å². The predicted octanol–water partition coefficient (Wildman–Crippen LogP) is 3.11. The molecular weight excluding hydrogens is 425 g/mol. The molecule has 3 heterocycles. The molecule has 0 aliphatic rings. The van der Waals surface area contributed by atoms with Gasteiger partial charge in [0.05, 0.1) is 23.6 Å². The minimum atomic E-state index is -0.637. The Morgan fingerprint density at radius 3 is 2.64 bits per heavy atom. The first-order valence-corrected chi connectivity index (χ1v) is 10.3. The van der Waals surface area contributed by atoms with Crippen molar-refractivity contribution >= 4 is 27.8 Å². The lowest BCUT2D eigenvalue weighted by Crippen LogP contribution is -2.29. The molecule has 0 spiro atoms. The summed E-state index contributed by atoms with van der Waals surface area (Å²) < 4.78 is 16.0. The Kier molecular flexibility index (Phi) is 5.09. The summed E-state index contributed by atoms with van der Waals surface area (Å²) in [6, 6.07) is 12.7. The smallest absolute Gasteiger partial charge is 0.269 e. The van der Waals surface area contributed by atoms with E-state index >= 15 is 0 Å². The topological polar surface area (TPSA) is 118 Å².